The molecule has 0 saturated heterocycles. The standard InChI is InChI=1S/C9H18F2N2O2/c1-8(2,3)15-7(14)13-6(5-12)9(4,10)11/h6H,5,12H2,1-4H3,(H,13,14). The highest BCUT2D eigenvalue weighted by Crippen LogP contribution is 2.17. The van der Waals surface area contributed by atoms with Gasteiger partial charge >= 0.3 is 6.09 Å². The SMILES string of the molecule is CC(C)(C)OC(=O)NC(CN)C(C)(F)F. The quantitative estimate of drug-likeness (QED) is 0.763. The first kappa shape index (κ1) is 14.1. The summed E-state index contributed by atoms with van der Waals surface area (Å²) in [7, 11) is 0. The van der Waals surface area contributed by atoms with Crippen molar-refractivity contribution in [3.63, 3.8) is 0 Å². The molecule has 0 saturated carbocycles. The Balaban J connectivity index is 4.27. The molecule has 0 aliphatic carbocycles. The third-order valence-corrected chi connectivity index (χ3v) is 1.54. The summed E-state index contributed by atoms with van der Waals surface area (Å²) in [5, 5.41) is 2.03. The number of halogens is 2. The van der Waals surface area contributed by atoms with Crippen molar-refractivity contribution in [2.75, 3.05) is 6.54 Å². The predicted molar refractivity (Wildman–Crippen MR) is 52.8 cm³/mol. The Labute approximate surface area is 88.2 Å². The van der Waals surface area contributed by atoms with Crippen molar-refractivity contribution in [1.29, 1.82) is 0 Å². The van der Waals surface area contributed by atoms with Crippen molar-refractivity contribution in [3.8, 4) is 0 Å². The average molecular weight is 224 g/mol. The minimum atomic E-state index is -3.06. The molecule has 4 nitrogen and oxygen atoms in total. The highest BCUT2D eigenvalue weighted by molar-refractivity contribution is 5.68. The van der Waals surface area contributed by atoms with E-state index in [0.29, 0.717) is 6.92 Å². The monoisotopic (exact) mass is 224 g/mol. The van der Waals surface area contributed by atoms with Crippen LogP contribution >= 0.6 is 0 Å². The van der Waals surface area contributed by atoms with E-state index in [1.54, 1.807) is 20.8 Å². The molecular weight excluding hydrogens is 206 g/mol. The molecule has 0 bridgehead atoms. The summed E-state index contributed by atoms with van der Waals surface area (Å²) in [6, 6.07) is -1.41. The van der Waals surface area contributed by atoms with Gasteiger partial charge in [-0.2, -0.15) is 0 Å². The zero-order valence-corrected chi connectivity index (χ0v) is 9.43. The van der Waals surface area contributed by atoms with Gasteiger partial charge < -0.3 is 15.8 Å². The molecule has 0 rings (SSSR count). The van der Waals surface area contributed by atoms with Crippen molar-refractivity contribution in [2.24, 2.45) is 5.73 Å². The average Bonchev–Trinajstić information content (AvgIpc) is 1.94. The van der Waals surface area contributed by atoms with E-state index in [2.05, 4.69) is 0 Å². The van der Waals surface area contributed by atoms with Crippen LogP contribution < -0.4 is 11.1 Å². The summed E-state index contributed by atoms with van der Waals surface area (Å²) >= 11 is 0. The number of hydrogen-bond donors (Lipinski definition) is 2. The van der Waals surface area contributed by atoms with Gasteiger partial charge in [0.05, 0.1) is 0 Å². The Hall–Kier alpha value is -0.910. The first-order valence-electron chi connectivity index (χ1n) is 4.63. The Morgan fingerprint density at radius 3 is 2.13 bits per heavy atom. The maximum absolute atomic E-state index is 12.8. The summed E-state index contributed by atoms with van der Waals surface area (Å²) in [5.41, 5.74) is 4.40. The Bertz CT molecular complexity index is 221. The molecule has 1 atom stereocenters. The number of rotatable bonds is 3. The zero-order chi connectivity index (χ0) is 12.3. The van der Waals surface area contributed by atoms with Gasteiger partial charge in [0.1, 0.15) is 11.6 Å². The number of amides is 1. The van der Waals surface area contributed by atoms with E-state index in [-0.39, 0.29) is 6.54 Å². The maximum atomic E-state index is 12.8. The van der Waals surface area contributed by atoms with Gasteiger partial charge in [-0.25, -0.2) is 13.6 Å². The van der Waals surface area contributed by atoms with E-state index < -0.39 is 23.7 Å². The number of hydrogen-bond acceptors (Lipinski definition) is 3. The van der Waals surface area contributed by atoms with Crippen molar-refractivity contribution in [2.45, 2.75) is 45.3 Å². The number of nitrogens with two attached hydrogens (primary N) is 1. The molecule has 3 N–H and O–H groups in total. The van der Waals surface area contributed by atoms with Crippen LogP contribution in [0.4, 0.5) is 13.6 Å². The summed E-state index contributed by atoms with van der Waals surface area (Å²) in [6.07, 6.45) is -0.889. The minimum absolute atomic E-state index is 0.345. The van der Waals surface area contributed by atoms with Crippen molar-refractivity contribution >= 4 is 6.09 Å². The molecule has 0 fully saturated rings. The molecule has 0 aromatic carbocycles. The van der Waals surface area contributed by atoms with Crippen molar-refractivity contribution in [1.82, 2.24) is 5.32 Å². The molecule has 0 heterocycles. The van der Waals surface area contributed by atoms with E-state index in [1.165, 1.54) is 0 Å². The summed E-state index contributed by atoms with van der Waals surface area (Å²) in [6.45, 7) is 5.29. The molecule has 0 aliphatic rings. The molecule has 1 amide bonds. The van der Waals surface area contributed by atoms with E-state index in [1.807, 2.05) is 5.32 Å². The Morgan fingerprint density at radius 1 is 1.40 bits per heavy atom. The number of carbonyl (C=O) groups excluding carboxylic acids is 1. The highest BCUT2D eigenvalue weighted by atomic mass is 19.3. The first-order valence-corrected chi connectivity index (χ1v) is 4.63. The molecule has 0 aromatic rings. The van der Waals surface area contributed by atoms with Crippen LogP contribution in [-0.4, -0.2) is 30.2 Å². The minimum Gasteiger partial charge on any atom is -0.444 e. The molecule has 6 heteroatoms. The van der Waals surface area contributed by atoms with E-state index in [9.17, 15) is 13.6 Å². The molecule has 0 aliphatic heterocycles. The number of alkyl carbamates (subject to hydrolysis) is 1. The topological polar surface area (TPSA) is 64.3 Å². The third-order valence-electron chi connectivity index (χ3n) is 1.54. The lowest BCUT2D eigenvalue weighted by atomic mass is 10.2. The zero-order valence-electron chi connectivity index (χ0n) is 9.43. The second-order valence-corrected chi connectivity index (χ2v) is 4.39. The van der Waals surface area contributed by atoms with Crippen LogP contribution in [0, 0.1) is 0 Å². The van der Waals surface area contributed by atoms with Crippen LogP contribution in [0.3, 0.4) is 0 Å². The maximum Gasteiger partial charge on any atom is 0.408 e. The van der Waals surface area contributed by atoms with Gasteiger partial charge in [-0.15, -0.1) is 0 Å². The molecule has 0 spiro atoms. The number of nitrogens with one attached hydrogen (secondary N) is 1. The first-order chi connectivity index (χ1) is 6.56. The van der Waals surface area contributed by atoms with E-state index >= 15 is 0 Å². The largest absolute Gasteiger partial charge is 0.444 e. The summed E-state index contributed by atoms with van der Waals surface area (Å²) in [4.78, 5) is 11.2. The second-order valence-electron chi connectivity index (χ2n) is 4.39. The van der Waals surface area contributed by atoms with Crippen molar-refractivity contribution in [3.05, 3.63) is 0 Å². The molecule has 0 aromatic heterocycles. The van der Waals surface area contributed by atoms with Gasteiger partial charge in [-0.3, -0.25) is 0 Å². The number of ether oxygens (including phenoxy) is 1. The summed E-state index contributed by atoms with van der Waals surface area (Å²) in [5.74, 6) is -3.06. The smallest absolute Gasteiger partial charge is 0.408 e. The predicted octanol–water partition coefficient (Wildman–Crippen LogP) is 1.49. The molecule has 90 valence electrons. The van der Waals surface area contributed by atoms with Crippen LogP contribution in [-0.2, 0) is 4.74 Å². The third kappa shape index (κ3) is 6.22. The number of carbonyl (C=O) groups is 1. The van der Waals surface area contributed by atoms with Crippen LogP contribution in [0.25, 0.3) is 0 Å². The molecular formula is C9H18F2N2O2. The van der Waals surface area contributed by atoms with Crippen LogP contribution in [0.15, 0.2) is 0 Å². The molecule has 0 radical (unpaired) electrons. The van der Waals surface area contributed by atoms with E-state index in [4.69, 9.17) is 10.5 Å². The van der Waals surface area contributed by atoms with Crippen LogP contribution in [0.5, 0.6) is 0 Å². The van der Waals surface area contributed by atoms with Gasteiger partial charge in [0.2, 0.25) is 0 Å². The van der Waals surface area contributed by atoms with Gasteiger partial charge in [0.25, 0.3) is 5.92 Å². The van der Waals surface area contributed by atoms with Gasteiger partial charge in [-0.1, -0.05) is 0 Å². The fourth-order valence-corrected chi connectivity index (χ4v) is 0.842. The van der Waals surface area contributed by atoms with Crippen LogP contribution in [0.2, 0.25) is 0 Å². The number of alkyl halides is 2. The fraction of sp³-hybridized carbons (Fsp3) is 0.889. The van der Waals surface area contributed by atoms with Crippen LogP contribution in [0.1, 0.15) is 27.7 Å². The lowest BCUT2D eigenvalue weighted by Crippen LogP contribution is -2.51. The van der Waals surface area contributed by atoms with E-state index in [0.717, 1.165) is 0 Å². The van der Waals surface area contributed by atoms with Gasteiger partial charge in [0.15, 0.2) is 0 Å². The molecule has 1 unspecified atom stereocenters. The summed E-state index contributed by atoms with van der Waals surface area (Å²) < 4.78 is 30.5. The van der Waals surface area contributed by atoms with Gasteiger partial charge in [-0.05, 0) is 20.8 Å². The normalized spacial score (nSPS) is 14.6. The highest BCUT2D eigenvalue weighted by Gasteiger charge is 2.35. The lowest BCUT2D eigenvalue weighted by molar-refractivity contribution is -0.0214. The Kier molecular flexibility index (Phi) is 4.45. The second kappa shape index (κ2) is 4.74. The molecule has 15 heavy (non-hydrogen) atoms. The van der Waals surface area contributed by atoms with Gasteiger partial charge in [0, 0.05) is 13.5 Å². The Morgan fingerprint density at radius 2 is 1.87 bits per heavy atom. The fourth-order valence-electron chi connectivity index (χ4n) is 0.842. The van der Waals surface area contributed by atoms with Crippen molar-refractivity contribution < 1.29 is 18.3 Å². The lowest BCUT2D eigenvalue weighted by Gasteiger charge is -2.26.